The molecule has 1 saturated carbocycles. The summed E-state index contributed by atoms with van der Waals surface area (Å²) < 4.78 is 7.43. The molecule has 0 bridgehead atoms. The van der Waals surface area contributed by atoms with Crippen LogP contribution in [0.25, 0.3) is 0 Å². The predicted octanol–water partition coefficient (Wildman–Crippen LogP) is 3.45. The molecule has 0 radical (unpaired) electrons. The van der Waals surface area contributed by atoms with Crippen LogP contribution in [0.15, 0.2) is 59.7 Å². The van der Waals surface area contributed by atoms with Gasteiger partial charge in [0.2, 0.25) is 0 Å². The first-order chi connectivity index (χ1) is 12.7. The van der Waals surface area contributed by atoms with Gasteiger partial charge < -0.3 is 9.30 Å². The highest BCUT2D eigenvalue weighted by atomic mass is 16.5. The average Bonchev–Trinajstić information content (AvgIpc) is 3.50. The molecule has 1 aromatic carbocycles. The molecule has 3 aromatic rings. The van der Waals surface area contributed by atoms with Crippen molar-refractivity contribution in [3.05, 3.63) is 87.9 Å². The lowest BCUT2D eigenvalue weighted by Gasteiger charge is -2.13. The largest absolute Gasteiger partial charge is 0.485 e. The topological polar surface area (TPSA) is 57.0 Å². The molecule has 5 nitrogen and oxygen atoms in total. The number of hydrogen-bond donors (Lipinski definition) is 0. The Labute approximate surface area is 152 Å². The number of ether oxygens (including phenoxy) is 1. The van der Waals surface area contributed by atoms with E-state index in [1.165, 1.54) is 24.5 Å². The molecule has 0 N–H and O–H groups in total. The van der Waals surface area contributed by atoms with Crippen molar-refractivity contribution < 1.29 is 4.74 Å². The molecule has 0 amide bonds. The van der Waals surface area contributed by atoms with Gasteiger partial charge in [0.15, 0.2) is 5.82 Å². The molecule has 0 saturated heterocycles. The number of benzene rings is 1. The Morgan fingerprint density at radius 3 is 2.50 bits per heavy atom. The zero-order valence-corrected chi connectivity index (χ0v) is 14.8. The highest BCUT2D eigenvalue weighted by molar-refractivity contribution is 5.29. The second-order valence-corrected chi connectivity index (χ2v) is 6.73. The van der Waals surface area contributed by atoms with Crippen molar-refractivity contribution in [2.75, 3.05) is 0 Å². The molecule has 2 aromatic heterocycles. The fourth-order valence-electron chi connectivity index (χ4n) is 3.03. The Bertz CT molecular complexity index is 945. The van der Waals surface area contributed by atoms with Crippen LogP contribution >= 0.6 is 0 Å². The Hall–Kier alpha value is -2.95. The summed E-state index contributed by atoms with van der Waals surface area (Å²) in [6.45, 7) is 2.73. The normalized spacial score (nSPS) is 13.6. The Morgan fingerprint density at radius 1 is 1.12 bits per heavy atom. The highest BCUT2D eigenvalue weighted by Gasteiger charge is 2.22. The zero-order valence-electron chi connectivity index (χ0n) is 14.8. The third kappa shape index (κ3) is 3.82. The molecular formula is C21H21N3O2. The molecule has 0 spiro atoms. The van der Waals surface area contributed by atoms with Crippen LogP contribution in [-0.4, -0.2) is 14.5 Å². The summed E-state index contributed by atoms with van der Waals surface area (Å²) in [5.74, 6) is 1.88. The van der Waals surface area contributed by atoms with Crippen LogP contribution < -0.4 is 10.3 Å². The third-order valence-electron chi connectivity index (χ3n) is 4.67. The molecular weight excluding hydrogens is 326 g/mol. The van der Waals surface area contributed by atoms with Gasteiger partial charge in [-0.15, -0.1) is 0 Å². The lowest BCUT2D eigenvalue weighted by atomic mass is 10.1. The Balaban J connectivity index is 1.47. The van der Waals surface area contributed by atoms with E-state index in [0.717, 1.165) is 17.2 Å². The standard InChI is InChI=1S/C21H21N3O2/c1-15-11-19(26-14-20-22-9-2-10-23-20)12-21(25)24(15)13-16-3-5-17(6-4-16)18-7-8-18/h2-6,9-12,18H,7-8,13-14H2,1H3. The van der Waals surface area contributed by atoms with E-state index in [2.05, 4.69) is 34.2 Å². The Morgan fingerprint density at radius 2 is 1.85 bits per heavy atom. The van der Waals surface area contributed by atoms with Crippen LogP contribution in [0.1, 0.15) is 41.4 Å². The van der Waals surface area contributed by atoms with Gasteiger partial charge in [-0.1, -0.05) is 24.3 Å². The van der Waals surface area contributed by atoms with Crippen LogP contribution in [0.2, 0.25) is 0 Å². The summed E-state index contributed by atoms with van der Waals surface area (Å²) in [6.07, 6.45) is 5.94. The number of aryl methyl sites for hydroxylation is 1. The molecule has 0 atom stereocenters. The van der Waals surface area contributed by atoms with Gasteiger partial charge in [-0.25, -0.2) is 9.97 Å². The van der Waals surface area contributed by atoms with Gasteiger partial charge in [0.1, 0.15) is 12.4 Å². The number of hydrogen-bond acceptors (Lipinski definition) is 4. The number of aromatic nitrogens is 3. The molecule has 1 aliphatic carbocycles. The maximum atomic E-state index is 12.5. The van der Waals surface area contributed by atoms with E-state index in [-0.39, 0.29) is 12.2 Å². The predicted molar refractivity (Wildman–Crippen MR) is 99.3 cm³/mol. The summed E-state index contributed by atoms with van der Waals surface area (Å²) in [5.41, 5.74) is 3.34. The van der Waals surface area contributed by atoms with Crippen LogP contribution in [0, 0.1) is 6.92 Å². The van der Waals surface area contributed by atoms with Crippen molar-refractivity contribution in [3.8, 4) is 5.75 Å². The van der Waals surface area contributed by atoms with E-state index >= 15 is 0 Å². The first kappa shape index (κ1) is 16.5. The van der Waals surface area contributed by atoms with Crippen molar-refractivity contribution in [1.82, 2.24) is 14.5 Å². The number of rotatable bonds is 6. The SMILES string of the molecule is Cc1cc(OCc2ncccn2)cc(=O)n1Cc1ccc(C2CC2)cc1. The maximum absolute atomic E-state index is 12.5. The van der Waals surface area contributed by atoms with Crippen LogP contribution in [0.5, 0.6) is 5.75 Å². The van der Waals surface area contributed by atoms with Gasteiger partial charge in [-0.3, -0.25) is 4.79 Å². The summed E-state index contributed by atoms with van der Waals surface area (Å²) in [7, 11) is 0. The molecule has 2 heterocycles. The third-order valence-corrected chi connectivity index (χ3v) is 4.67. The van der Waals surface area contributed by atoms with Gasteiger partial charge >= 0.3 is 0 Å². The molecule has 1 aliphatic rings. The summed E-state index contributed by atoms with van der Waals surface area (Å²) in [4.78, 5) is 20.7. The first-order valence-electron chi connectivity index (χ1n) is 8.88. The minimum atomic E-state index is -0.0692. The summed E-state index contributed by atoms with van der Waals surface area (Å²) in [6, 6.07) is 13.8. The number of nitrogens with zero attached hydrogens (tertiary/aromatic N) is 3. The fourth-order valence-corrected chi connectivity index (χ4v) is 3.03. The van der Waals surface area contributed by atoms with Gasteiger partial charge in [-0.05, 0) is 48.9 Å². The van der Waals surface area contributed by atoms with Crippen molar-refractivity contribution in [1.29, 1.82) is 0 Å². The molecule has 4 rings (SSSR count). The second-order valence-electron chi connectivity index (χ2n) is 6.73. The lowest BCUT2D eigenvalue weighted by molar-refractivity contribution is 0.294. The minimum absolute atomic E-state index is 0.0692. The Kier molecular flexibility index (Phi) is 4.52. The number of pyridine rings is 1. The van der Waals surface area contributed by atoms with E-state index < -0.39 is 0 Å². The second kappa shape index (κ2) is 7.12. The molecule has 5 heteroatoms. The summed E-state index contributed by atoms with van der Waals surface area (Å²) in [5, 5.41) is 0. The maximum Gasteiger partial charge on any atom is 0.254 e. The smallest absolute Gasteiger partial charge is 0.254 e. The molecule has 1 fully saturated rings. The van der Waals surface area contributed by atoms with Crippen LogP contribution in [-0.2, 0) is 13.2 Å². The van der Waals surface area contributed by atoms with Crippen molar-refractivity contribution in [3.63, 3.8) is 0 Å². The fraction of sp³-hybridized carbons (Fsp3) is 0.286. The van der Waals surface area contributed by atoms with Gasteiger partial charge in [0, 0.05) is 24.2 Å². The molecule has 0 unspecified atom stereocenters. The van der Waals surface area contributed by atoms with E-state index in [1.54, 1.807) is 23.0 Å². The van der Waals surface area contributed by atoms with Crippen molar-refractivity contribution >= 4 is 0 Å². The molecule has 0 aliphatic heterocycles. The van der Waals surface area contributed by atoms with Gasteiger partial charge in [0.25, 0.3) is 5.56 Å². The first-order valence-corrected chi connectivity index (χ1v) is 8.88. The van der Waals surface area contributed by atoms with E-state index in [0.29, 0.717) is 18.1 Å². The monoisotopic (exact) mass is 347 g/mol. The lowest BCUT2D eigenvalue weighted by Crippen LogP contribution is -2.22. The highest BCUT2D eigenvalue weighted by Crippen LogP contribution is 2.39. The summed E-state index contributed by atoms with van der Waals surface area (Å²) >= 11 is 0. The van der Waals surface area contributed by atoms with Gasteiger partial charge in [0.05, 0.1) is 6.54 Å². The van der Waals surface area contributed by atoms with Crippen molar-refractivity contribution in [2.24, 2.45) is 0 Å². The molecule has 132 valence electrons. The molecule has 26 heavy (non-hydrogen) atoms. The average molecular weight is 347 g/mol. The van der Waals surface area contributed by atoms with Crippen molar-refractivity contribution in [2.45, 2.75) is 38.8 Å². The minimum Gasteiger partial charge on any atom is -0.485 e. The quantitative estimate of drug-likeness (QED) is 0.685. The van der Waals surface area contributed by atoms with E-state index in [1.807, 2.05) is 13.0 Å². The van der Waals surface area contributed by atoms with Crippen LogP contribution in [0.4, 0.5) is 0 Å². The zero-order chi connectivity index (χ0) is 17.9. The van der Waals surface area contributed by atoms with E-state index in [9.17, 15) is 4.79 Å². The van der Waals surface area contributed by atoms with Gasteiger partial charge in [-0.2, -0.15) is 0 Å². The van der Waals surface area contributed by atoms with Crippen LogP contribution in [0.3, 0.4) is 0 Å². The van der Waals surface area contributed by atoms with E-state index in [4.69, 9.17) is 4.74 Å².